The van der Waals surface area contributed by atoms with E-state index in [0.29, 0.717) is 28.7 Å². The van der Waals surface area contributed by atoms with E-state index in [4.69, 9.17) is 0 Å². The summed E-state index contributed by atoms with van der Waals surface area (Å²) in [5, 5.41) is 7.76. The van der Waals surface area contributed by atoms with Crippen molar-refractivity contribution in [1.29, 1.82) is 0 Å². The van der Waals surface area contributed by atoms with E-state index in [-0.39, 0.29) is 23.2 Å². The van der Waals surface area contributed by atoms with E-state index >= 15 is 0 Å². The van der Waals surface area contributed by atoms with E-state index in [1.54, 1.807) is 48.3 Å². The minimum absolute atomic E-state index is 0.198. The lowest BCUT2D eigenvalue weighted by molar-refractivity contribution is 0.0952. The minimum Gasteiger partial charge on any atom is -0.348 e. The molecule has 0 aliphatic carbocycles. The Morgan fingerprint density at radius 2 is 1.76 bits per heavy atom. The zero-order valence-electron chi connectivity index (χ0n) is 18.1. The van der Waals surface area contributed by atoms with E-state index in [9.17, 15) is 17.6 Å². The summed E-state index contributed by atoms with van der Waals surface area (Å²) in [6.07, 6.45) is 4.62. The number of sulfonamides is 1. The fraction of sp³-hybridized carbons (Fsp3) is 0.174. The monoisotopic (exact) mass is 467 g/mol. The van der Waals surface area contributed by atoms with Crippen LogP contribution in [0.4, 0.5) is 4.39 Å². The van der Waals surface area contributed by atoms with Gasteiger partial charge in [-0.05, 0) is 42.0 Å². The third-order valence-corrected chi connectivity index (χ3v) is 7.29. The molecule has 2 aromatic carbocycles. The summed E-state index contributed by atoms with van der Waals surface area (Å²) in [5.74, 6) is -0.689. The summed E-state index contributed by atoms with van der Waals surface area (Å²) in [6, 6.07) is 12.3. The second-order valence-corrected chi connectivity index (χ2v) is 9.44. The maximum Gasteiger partial charge on any atom is 0.253 e. The number of halogens is 1. The van der Waals surface area contributed by atoms with Gasteiger partial charge in [-0.3, -0.25) is 9.78 Å². The number of pyridine rings is 1. The van der Waals surface area contributed by atoms with Crippen molar-refractivity contribution in [3.63, 3.8) is 0 Å². The van der Waals surface area contributed by atoms with Gasteiger partial charge in [0.25, 0.3) is 5.91 Å². The van der Waals surface area contributed by atoms with Crippen LogP contribution in [0.25, 0.3) is 16.6 Å². The van der Waals surface area contributed by atoms with Crippen molar-refractivity contribution in [2.24, 2.45) is 0 Å². The van der Waals surface area contributed by atoms with E-state index in [0.717, 1.165) is 5.56 Å². The van der Waals surface area contributed by atoms with Gasteiger partial charge in [0.2, 0.25) is 10.0 Å². The number of hydrogen-bond donors (Lipinski definition) is 1. The Balaban J connectivity index is 1.51. The van der Waals surface area contributed by atoms with Crippen LogP contribution in [0, 0.1) is 5.82 Å². The van der Waals surface area contributed by atoms with Crippen LogP contribution in [-0.2, 0) is 16.6 Å². The first-order chi connectivity index (χ1) is 15.8. The Labute approximate surface area is 190 Å². The van der Waals surface area contributed by atoms with E-state index in [2.05, 4.69) is 15.4 Å². The molecule has 4 aromatic rings. The molecule has 0 radical (unpaired) electrons. The van der Waals surface area contributed by atoms with Crippen molar-refractivity contribution in [3.05, 3.63) is 84.1 Å². The molecule has 10 heteroatoms. The number of fused-ring (bicyclic) bond motifs is 1. The number of nitrogens with zero attached hydrogens (tertiary/aromatic N) is 4. The van der Waals surface area contributed by atoms with Crippen LogP contribution in [0.2, 0.25) is 0 Å². The fourth-order valence-electron chi connectivity index (χ4n) is 3.32. The van der Waals surface area contributed by atoms with E-state index in [1.165, 1.54) is 41.8 Å². The molecule has 4 rings (SSSR count). The molecule has 0 spiro atoms. The molecule has 2 aromatic heterocycles. The zero-order valence-corrected chi connectivity index (χ0v) is 18.9. The highest BCUT2D eigenvalue weighted by molar-refractivity contribution is 7.89. The normalized spacial score (nSPS) is 11.8. The summed E-state index contributed by atoms with van der Waals surface area (Å²) in [4.78, 5) is 17.2. The van der Waals surface area contributed by atoms with Gasteiger partial charge in [0.1, 0.15) is 5.82 Å². The fourth-order valence-corrected chi connectivity index (χ4v) is 4.50. The summed E-state index contributed by atoms with van der Waals surface area (Å²) >= 11 is 0. The molecule has 0 atom stereocenters. The number of carbonyl (C=O) groups excluding carboxylic acids is 1. The molecule has 170 valence electrons. The van der Waals surface area contributed by atoms with Crippen molar-refractivity contribution in [3.8, 4) is 5.69 Å². The van der Waals surface area contributed by atoms with Crippen molar-refractivity contribution in [1.82, 2.24) is 24.4 Å². The molecule has 2 heterocycles. The van der Waals surface area contributed by atoms with Crippen molar-refractivity contribution >= 4 is 26.8 Å². The molecule has 0 fully saturated rings. The molecule has 0 saturated heterocycles. The maximum absolute atomic E-state index is 13.2. The highest BCUT2D eigenvalue weighted by Crippen LogP contribution is 2.21. The summed E-state index contributed by atoms with van der Waals surface area (Å²) in [6.45, 7) is 2.35. The third kappa shape index (κ3) is 4.48. The Morgan fingerprint density at radius 1 is 1.06 bits per heavy atom. The Bertz CT molecular complexity index is 1400. The van der Waals surface area contributed by atoms with Gasteiger partial charge >= 0.3 is 0 Å². The zero-order chi connectivity index (χ0) is 23.6. The van der Waals surface area contributed by atoms with E-state index < -0.39 is 10.0 Å². The Kier molecular flexibility index (Phi) is 6.21. The summed E-state index contributed by atoms with van der Waals surface area (Å²) in [7, 11) is -2.00. The van der Waals surface area contributed by atoms with Gasteiger partial charge in [0.05, 0.1) is 34.1 Å². The van der Waals surface area contributed by atoms with E-state index in [1.807, 2.05) is 0 Å². The van der Waals surface area contributed by atoms with Gasteiger partial charge in [-0.25, -0.2) is 21.8 Å². The minimum atomic E-state index is -3.52. The molecule has 33 heavy (non-hydrogen) atoms. The van der Waals surface area contributed by atoms with Crippen LogP contribution in [0.1, 0.15) is 22.8 Å². The average molecular weight is 468 g/mol. The van der Waals surface area contributed by atoms with Gasteiger partial charge < -0.3 is 5.32 Å². The van der Waals surface area contributed by atoms with Gasteiger partial charge in [-0.2, -0.15) is 5.10 Å². The molecule has 0 saturated carbocycles. The SMILES string of the molecule is CCN(C)S(=O)(=O)c1ccc(CNC(=O)c2cncc3c2cnn3-c2ccc(F)cc2)cc1. The first-order valence-corrected chi connectivity index (χ1v) is 11.7. The van der Waals surface area contributed by atoms with Crippen molar-refractivity contribution < 1.29 is 17.6 Å². The molecule has 0 aliphatic rings. The lowest BCUT2D eigenvalue weighted by Crippen LogP contribution is -2.26. The topological polar surface area (TPSA) is 97.2 Å². The highest BCUT2D eigenvalue weighted by atomic mass is 32.2. The Hall–Kier alpha value is -3.63. The predicted octanol–water partition coefficient (Wildman–Crippen LogP) is 3.13. The first kappa shape index (κ1) is 22.6. The highest BCUT2D eigenvalue weighted by Gasteiger charge is 2.19. The second kappa shape index (κ2) is 9.08. The maximum atomic E-state index is 13.2. The number of aromatic nitrogens is 3. The lowest BCUT2D eigenvalue weighted by Gasteiger charge is -2.15. The molecular formula is C23H22FN5O3S. The Morgan fingerprint density at radius 3 is 2.42 bits per heavy atom. The molecule has 0 bridgehead atoms. The predicted molar refractivity (Wildman–Crippen MR) is 122 cm³/mol. The quantitative estimate of drug-likeness (QED) is 0.450. The largest absolute Gasteiger partial charge is 0.348 e. The van der Waals surface area contributed by atoms with Crippen molar-refractivity contribution in [2.75, 3.05) is 13.6 Å². The van der Waals surface area contributed by atoms with Crippen LogP contribution >= 0.6 is 0 Å². The first-order valence-electron chi connectivity index (χ1n) is 10.2. The second-order valence-electron chi connectivity index (χ2n) is 7.40. The molecule has 8 nitrogen and oxygen atoms in total. The van der Waals surface area contributed by atoms with Gasteiger partial charge in [0, 0.05) is 31.7 Å². The van der Waals surface area contributed by atoms with Crippen LogP contribution in [0.15, 0.2) is 72.0 Å². The van der Waals surface area contributed by atoms with Gasteiger partial charge in [0.15, 0.2) is 0 Å². The third-order valence-electron chi connectivity index (χ3n) is 5.34. The number of benzene rings is 2. The lowest BCUT2D eigenvalue weighted by atomic mass is 10.1. The average Bonchev–Trinajstić information content (AvgIpc) is 3.27. The molecule has 0 unspecified atom stereocenters. The van der Waals surface area contributed by atoms with Crippen LogP contribution < -0.4 is 5.32 Å². The number of amides is 1. The number of hydrogen-bond acceptors (Lipinski definition) is 5. The number of carbonyl (C=O) groups is 1. The van der Waals surface area contributed by atoms with Crippen LogP contribution in [0.3, 0.4) is 0 Å². The smallest absolute Gasteiger partial charge is 0.253 e. The van der Waals surface area contributed by atoms with Crippen LogP contribution in [0.5, 0.6) is 0 Å². The summed E-state index contributed by atoms with van der Waals surface area (Å²) in [5.41, 5.74) is 2.37. The molecule has 0 aliphatic heterocycles. The standard InChI is InChI=1S/C23H22FN5O3S/c1-3-28(2)33(31,32)19-10-4-16(5-11-19)12-26-23(30)21-13-25-15-22-20(21)14-27-29(22)18-8-6-17(24)7-9-18/h4-11,13-15H,3,12H2,1-2H3,(H,26,30). The van der Waals surface area contributed by atoms with Crippen molar-refractivity contribution in [2.45, 2.75) is 18.4 Å². The molecule has 1 amide bonds. The number of nitrogens with one attached hydrogen (secondary N) is 1. The molecular weight excluding hydrogens is 445 g/mol. The number of rotatable bonds is 7. The van der Waals surface area contributed by atoms with Crippen LogP contribution in [-0.4, -0.2) is 47.0 Å². The molecule has 1 N–H and O–H groups in total. The van der Waals surface area contributed by atoms with Gasteiger partial charge in [-0.15, -0.1) is 0 Å². The summed E-state index contributed by atoms with van der Waals surface area (Å²) < 4.78 is 40.9. The van der Waals surface area contributed by atoms with Gasteiger partial charge in [-0.1, -0.05) is 19.1 Å².